The van der Waals surface area contributed by atoms with Gasteiger partial charge in [-0.2, -0.15) is 0 Å². The second kappa shape index (κ2) is 6.28. The summed E-state index contributed by atoms with van der Waals surface area (Å²) in [5.74, 6) is -1.39. The fourth-order valence-corrected chi connectivity index (χ4v) is 3.00. The quantitative estimate of drug-likeness (QED) is 0.186. The van der Waals surface area contributed by atoms with Crippen LogP contribution < -0.4 is 0 Å². The molecule has 0 unspecified atom stereocenters. The number of carbonyl (C=O) groups is 2. The highest BCUT2D eigenvalue weighted by Gasteiger charge is 2.17. The van der Waals surface area contributed by atoms with Crippen molar-refractivity contribution in [3.8, 4) is 0 Å². The molecule has 0 radical (unpaired) electrons. The zero-order valence-corrected chi connectivity index (χ0v) is 14.3. The van der Waals surface area contributed by atoms with Crippen molar-refractivity contribution in [1.29, 1.82) is 0 Å². The molecule has 0 atom stereocenters. The average molecular weight is 554 g/mol. The van der Waals surface area contributed by atoms with Crippen LogP contribution in [0.3, 0.4) is 0 Å². The van der Waals surface area contributed by atoms with Crippen molar-refractivity contribution in [3.63, 3.8) is 0 Å². The Bertz CT molecular complexity index is 469. The summed E-state index contributed by atoms with van der Waals surface area (Å²) in [6.07, 6.45) is 0.961. The Morgan fingerprint density at radius 1 is 1.19 bits per heavy atom. The fourth-order valence-electron chi connectivity index (χ4n) is 0.872. The van der Waals surface area contributed by atoms with Crippen molar-refractivity contribution >= 4 is 79.7 Å². The number of ether oxygens (including phenoxy) is 1. The molecule has 6 heteroatoms. The van der Waals surface area contributed by atoms with E-state index in [0.717, 1.165) is 16.8 Å². The molecule has 0 heterocycles. The molecule has 0 N–H and O–H groups in total. The molecule has 0 aliphatic rings. The third-order valence-electron chi connectivity index (χ3n) is 1.62. The van der Waals surface area contributed by atoms with Crippen LogP contribution in [0, 0.1) is 10.7 Å². The molecule has 0 fully saturated rings. The molecule has 16 heavy (non-hydrogen) atoms. The summed E-state index contributed by atoms with van der Waals surface area (Å²) in [6, 6.07) is 3.45. The Labute approximate surface area is 133 Å². The molecule has 0 bridgehead atoms. The molecular formula is C10H5I3O3. The van der Waals surface area contributed by atoms with Crippen LogP contribution in [-0.4, -0.2) is 11.9 Å². The van der Waals surface area contributed by atoms with Crippen molar-refractivity contribution < 1.29 is 14.3 Å². The zero-order valence-electron chi connectivity index (χ0n) is 7.80. The minimum Gasteiger partial charge on any atom is -0.386 e. The molecular weight excluding hydrogens is 549 g/mol. The molecule has 0 amide bonds. The molecule has 1 aromatic rings. The lowest BCUT2D eigenvalue weighted by Crippen LogP contribution is -2.12. The van der Waals surface area contributed by atoms with Gasteiger partial charge in [0.05, 0.1) is 5.56 Å². The van der Waals surface area contributed by atoms with E-state index >= 15 is 0 Å². The fraction of sp³-hybridized carbons (Fsp3) is 0. The number of carbonyl (C=O) groups excluding carboxylic acids is 2. The predicted octanol–water partition coefficient (Wildman–Crippen LogP) is 3.37. The largest absolute Gasteiger partial charge is 0.386 e. The third kappa shape index (κ3) is 3.39. The van der Waals surface area contributed by atoms with Crippen LogP contribution in [0.2, 0.25) is 0 Å². The smallest absolute Gasteiger partial charge is 0.347 e. The lowest BCUT2D eigenvalue weighted by Gasteiger charge is -2.06. The van der Waals surface area contributed by atoms with Crippen molar-refractivity contribution in [2.75, 3.05) is 0 Å². The van der Waals surface area contributed by atoms with Gasteiger partial charge in [-0.1, -0.05) is 6.58 Å². The molecule has 0 aromatic heterocycles. The number of benzene rings is 1. The summed E-state index contributed by atoms with van der Waals surface area (Å²) >= 11 is 6.37. The Hall–Kier alpha value is 0.290. The molecule has 0 saturated carbocycles. The Kier molecular flexibility index (Phi) is 5.64. The van der Waals surface area contributed by atoms with Gasteiger partial charge in [0, 0.05) is 16.8 Å². The second-order valence-corrected chi connectivity index (χ2v) is 5.96. The molecule has 1 aromatic carbocycles. The molecule has 0 aliphatic heterocycles. The lowest BCUT2D eigenvalue weighted by molar-refractivity contribution is -0.132. The van der Waals surface area contributed by atoms with Crippen molar-refractivity contribution in [1.82, 2.24) is 0 Å². The van der Waals surface area contributed by atoms with E-state index in [2.05, 4.69) is 79.1 Å². The minimum atomic E-state index is -0.741. The van der Waals surface area contributed by atoms with Gasteiger partial charge in [-0.25, -0.2) is 9.59 Å². The van der Waals surface area contributed by atoms with Crippen LogP contribution in [0.4, 0.5) is 0 Å². The third-order valence-corrected chi connectivity index (χ3v) is 6.82. The van der Waals surface area contributed by atoms with Gasteiger partial charge in [0.15, 0.2) is 0 Å². The van der Waals surface area contributed by atoms with E-state index in [4.69, 9.17) is 0 Å². The molecule has 84 valence electrons. The van der Waals surface area contributed by atoms with Gasteiger partial charge >= 0.3 is 11.9 Å². The Balaban J connectivity index is 3.05. The molecule has 0 saturated heterocycles. The van der Waals surface area contributed by atoms with Crippen molar-refractivity contribution in [3.05, 3.63) is 41.1 Å². The summed E-state index contributed by atoms with van der Waals surface area (Å²) in [5.41, 5.74) is 0.389. The van der Waals surface area contributed by atoms with Crippen LogP contribution >= 0.6 is 67.8 Å². The summed E-state index contributed by atoms with van der Waals surface area (Å²) < 4.78 is 7.36. The van der Waals surface area contributed by atoms with Crippen molar-refractivity contribution in [2.24, 2.45) is 0 Å². The summed E-state index contributed by atoms with van der Waals surface area (Å²) in [5, 5.41) is 0. The first-order valence-electron chi connectivity index (χ1n) is 3.99. The zero-order chi connectivity index (χ0) is 12.3. The van der Waals surface area contributed by atoms with Gasteiger partial charge in [-0.05, 0) is 79.9 Å². The first-order valence-corrected chi connectivity index (χ1v) is 7.23. The second-order valence-electron chi connectivity index (χ2n) is 2.64. The van der Waals surface area contributed by atoms with E-state index < -0.39 is 11.9 Å². The van der Waals surface area contributed by atoms with E-state index in [9.17, 15) is 9.59 Å². The molecule has 1 rings (SSSR count). The number of halogens is 3. The first-order chi connectivity index (χ1) is 7.47. The van der Waals surface area contributed by atoms with Crippen molar-refractivity contribution in [2.45, 2.75) is 0 Å². The minimum absolute atomic E-state index is 0.389. The van der Waals surface area contributed by atoms with E-state index in [1.807, 2.05) is 0 Å². The van der Waals surface area contributed by atoms with Gasteiger partial charge in [0.2, 0.25) is 0 Å². The molecule has 3 nitrogen and oxygen atoms in total. The maximum Gasteiger partial charge on any atom is 0.347 e. The van der Waals surface area contributed by atoms with Crippen LogP contribution in [0.1, 0.15) is 10.4 Å². The Morgan fingerprint density at radius 3 is 2.38 bits per heavy atom. The first kappa shape index (κ1) is 14.4. The van der Waals surface area contributed by atoms with E-state index in [-0.39, 0.29) is 0 Å². The standard InChI is InChI=1S/C10H5I3O3/c1-2-7(14)16-10(15)5-3-4-6(11)9(13)8(5)12/h2-4H,1H2. The van der Waals surface area contributed by atoms with Gasteiger partial charge in [-0.15, -0.1) is 0 Å². The van der Waals surface area contributed by atoms with Gasteiger partial charge in [-0.3, -0.25) is 0 Å². The number of esters is 2. The van der Waals surface area contributed by atoms with Crippen LogP contribution in [0.25, 0.3) is 0 Å². The van der Waals surface area contributed by atoms with Gasteiger partial charge < -0.3 is 4.74 Å². The number of hydrogen-bond acceptors (Lipinski definition) is 3. The summed E-state index contributed by atoms with van der Waals surface area (Å²) in [7, 11) is 0. The normalized spacial score (nSPS) is 9.69. The maximum atomic E-state index is 11.6. The molecule has 0 aliphatic carbocycles. The topological polar surface area (TPSA) is 43.4 Å². The van der Waals surface area contributed by atoms with Crippen LogP contribution in [0.5, 0.6) is 0 Å². The number of rotatable bonds is 2. The van der Waals surface area contributed by atoms with E-state index in [1.54, 1.807) is 12.1 Å². The van der Waals surface area contributed by atoms with E-state index in [0.29, 0.717) is 5.56 Å². The number of hydrogen-bond donors (Lipinski definition) is 0. The average Bonchev–Trinajstić information content (AvgIpc) is 2.25. The van der Waals surface area contributed by atoms with Gasteiger partial charge in [0.1, 0.15) is 0 Å². The van der Waals surface area contributed by atoms with E-state index in [1.165, 1.54) is 0 Å². The summed E-state index contributed by atoms with van der Waals surface area (Å²) in [6.45, 7) is 3.23. The Morgan fingerprint density at radius 2 is 1.81 bits per heavy atom. The highest BCUT2D eigenvalue weighted by Crippen LogP contribution is 2.25. The SMILES string of the molecule is C=CC(=O)OC(=O)c1ccc(I)c(I)c1I. The maximum absolute atomic E-state index is 11.6. The lowest BCUT2D eigenvalue weighted by atomic mass is 10.2. The van der Waals surface area contributed by atoms with Crippen LogP contribution in [0.15, 0.2) is 24.8 Å². The monoisotopic (exact) mass is 554 g/mol. The summed E-state index contributed by atoms with van der Waals surface area (Å²) in [4.78, 5) is 22.5. The van der Waals surface area contributed by atoms with Gasteiger partial charge in [0.25, 0.3) is 0 Å². The highest BCUT2D eigenvalue weighted by atomic mass is 127. The van der Waals surface area contributed by atoms with Crippen LogP contribution in [-0.2, 0) is 9.53 Å². The predicted molar refractivity (Wildman–Crippen MR) is 85.2 cm³/mol. The molecule has 0 spiro atoms. The highest BCUT2D eigenvalue weighted by molar-refractivity contribution is 14.1.